The van der Waals surface area contributed by atoms with Crippen LogP contribution in [0.5, 0.6) is 0 Å². The minimum absolute atomic E-state index is 0. The molecular formula is C18H23IN4O2. The van der Waals surface area contributed by atoms with E-state index >= 15 is 0 Å². The van der Waals surface area contributed by atoms with Crippen LogP contribution in [0.1, 0.15) is 28.5 Å². The van der Waals surface area contributed by atoms with Gasteiger partial charge in [-0.3, -0.25) is 4.98 Å². The zero-order chi connectivity index (χ0) is 17.2. The van der Waals surface area contributed by atoms with Crippen LogP contribution in [-0.2, 0) is 17.8 Å². The molecule has 7 heteroatoms. The Bertz CT molecular complexity index is 675. The molecule has 2 rings (SSSR count). The second-order valence-corrected chi connectivity index (χ2v) is 5.06. The summed E-state index contributed by atoms with van der Waals surface area (Å²) in [5, 5.41) is 6.45. The molecule has 134 valence electrons. The lowest BCUT2D eigenvalue weighted by molar-refractivity contribution is 0.0600. The van der Waals surface area contributed by atoms with Gasteiger partial charge in [-0.15, -0.1) is 24.0 Å². The standard InChI is InChI=1S/C18H22N4O2.HI/c1-3-19-18(22-13-16-6-4-5-11-20-16)21-12-14-7-9-15(10-8-14)17(23)24-2;/h4-11H,3,12-13H2,1-2H3,(H2,19,21,22);1H. The third-order valence-electron chi connectivity index (χ3n) is 3.30. The number of hydrogen-bond donors (Lipinski definition) is 2. The first kappa shape index (κ1) is 20.9. The summed E-state index contributed by atoms with van der Waals surface area (Å²) < 4.78 is 4.69. The average molecular weight is 454 g/mol. The zero-order valence-electron chi connectivity index (χ0n) is 14.4. The Morgan fingerprint density at radius 3 is 2.52 bits per heavy atom. The summed E-state index contributed by atoms with van der Waals surface area (Å²) in [6, 6.07) is 13.0. The molecule has 0 aliphatic heterocycles. The quantitative estimate of drug-likeness (QED) is 0.304. The van der Waals surface area contributed by atoms with Crippen molar-refractivity contribution in [1.82, 2.24) is 15.6 Å². The van der Waals surface area contributed by atoms with Crippen molar-refractivity contribution in [2.24, 2.45) is 4.99 Å². The molecule has 0 saturated carbocycles. The van der Waals surface area contributed by atoms with E-state index in [1.165, 1.54) is 7.11 Å². The third kappa shape index (κ3) is 7.08. The van der Waals surface area contributed by atoms with E-state index < -0.39 is 0 Å². The van der Waals surface area contributed by atoms with Crippen molar-refractivity contribution >= 4 is 35.9 Å². The largest absolute Gasteiger partial charge is 0.465 e. The van der Waals surface area contributed by atoms with Gasteiger partial charge in [-0.05, 0) is 36.8 Å². The summed E-state index contributed by atoms with van der Waals surface area (Å²) >= 11 is 0. The highest BCUT2D eigenvalue weighted by atomic mass is 127. The minimum Gasteiger partial charge on any atom is -0.465 e. The minimum atomic E-state index is -0.338. The fourth-order valence-electron chi connectivity index (χ4n) is 2.05. The Morgan fingerprint density at radius 1 is 1.16 bits per heavy atom. The van der Waals surface area contributed by atoms with Crippen molar-refractivity contribution < 1.29 is 9.53 Å². The highest BCUT2D eigenvalue weighted by Crippen LogP contribution is 2.07. The SMILES string of the molecule is CCNC(=NCc1ccc(C(=O)OC)cc1)NCc1ccccn1.I. The number of methoxy groups -OCH3 is 1. The lowest BCUT2D eigenvalue weighted by Crippen LogP contribution is -2.37. The number of pyridine rings is 1. The molecule has 0 spiro atoms. The van der Waals surface area contributed by atoms with Crippen LogP contribution in [-0.4, -0.2) is 30.6 Å². The molecule has 0 bridgehead atoms. The number of esters is 1. The predicted molar refractivity (Wildman–Crippen MR) is 109 cm³/mol. The van der Waals surface area contributed by atoms with Gasteiger partial charge >= 0.3 is 5.97 Å². The first-order valence-corrected chi connectivity index (χ1v) is 7.82. The van der Waals surface area contributed by atoms with Crippen LogP contribution in [0.15, 0.2) is 53.7 Å². The van der Waals surface area contributed by atoms with E-state index in [-0.39, 0.29) is 29.9 Å². The molecule has 0 radical (unpaired) electrons. The van der Waals surface area contributed by atoms with Gasteiger partial charge < -0.3 is 15.4 Å². The first-order chi connectivity index (χ1) is 11.7. The van der Waals surface area contributed by atoms with Crippen molar-refractivity contribution in [2.75, 3.05) is 13.7 Å². The smallest absolute Gasteiger partial charge is 0.337 e. The molecule has 6 nitrogen and oxygen atoms in total. The van der Waals surface area contributed by atoms with Gasteiger partial charge in [0.15, 0.2) is 5.96 Å². The second-order valence-electron chi connectivity index (χ2n) is 5.06. The number of rotatable bonds is 6. The van der Waals surface area contributed by atoms with Crippen LogP contribution in [0.3, 0.4) is 0 Å². The zero-order valence-corrected chi connectivity index (χ0v) is 16.7. The Labute approximate surface area is 165 Å². The van der Waals surface area contributed by atoms with E-state index in [4.69, 9.17) is 0 Å². The Hall–Kier alpha value is -2.16. The molecule has 0 unspecified atom stereocenters. The third-order valence-corrected chi connectivity index (χ3v) is 3.30. The maximum Gasteiger partial charge on any atom is 0.337 e. The number of nitrogens with zero attached hydrogens (tertiary/aromatic N) is 2. The van der Waals surface area contributed by atoms with Crippen molar-refractivity contribution in [3.8, 4) is 0 Å². The summed E-state index contributed by atoms with van der Waals surface area (Å²) in [5.41, 5.74) is 2.49. The molecular weight excluding hydrogens is 431 g/mol. The predicted octanol–water partition coefficient (Wildman–Crippen LogP) is 2.74. The Balaban J connectivity index is 0.00000312. The average Bonchev–Trinajstić information content (AvgIpc) is 2.64. The van der Waals surface area contributed by atoms with Gasteiger partial charge in [0.1, 0.15) is 0 Å². The maximum atomic E-state index is 11.4. The van der Waals surface area contributed by atoms with Crippen LogP contribution >= 0.6 is 24.0 Å². The number of guanidine groups is 1. The van der Waals surface area contributed by atoms with Gasteiger partial charge in [-0.1, -0.05) is 18.2 Å². The lowest BCUT2D eigenvalue weighted by atomic mass is 10.1. The monoisotopic (exact) mass is 454 g/mol. The normalized spacial score (nSPS) is 10.6. The molecule has 1 aromatic heterocycles. The van der Waals surface area contributed by atoms with Gasteiger partial charge in [0.25, 0.3) is 0 Å². The molecule has 0 atom stereocenters. The molecule has 25 heavy (non-hydrogen) atoms. The summed E-state index contributed by atoms with van der Waals surface area (Å²) in [7, 11) is 1.37. The van der Waals surface area contributed by atoms with Crippen LogP contribution < -0.4 is 10.6 Å². The summed E-state index contributed by atoms with van der Waals surface area (Å²) in [6.07, 6.45) is 1.77. The van der Waals surface area contributed by atoms with Crippen LogP contribution in [0.4, 0.5) is 0 Å². The van der Waals surface area contributed by atoms with E-state index in [0.29, 0.717) is 18.7 Å². The van der Waals surface area contributed by atoms with Crippen molar-refractivity contribution in [2.45, 2.75) is 20.0 Å². The molecule has 1 aromatic carbocycles. The number of carbonyl (C=O) groups excluding carboxylic acids is 1. The van der Waals surface area contributed by atoms with Gasteiger partial charge in [-0.2, -0.15) is 0 Å². The number of ether oxygens (including phenoxy) is 1. The van der Waals surface area contributed by atoms with E-state index in [9.17, 15) is 4.79 Å². The molecule has 1 heterocycles. The van der Waals surface area contributed by atoms with E-state index in [1.807, 2.05) is 37.3 Å². The molecule has 0 fully saturated rings. The van der Waals surface area contributed by atoms with Gasteiger partial charge in [0.2, 0.25) is 0 Å². The molecule has 0 aliphatic rings. The molecule has 0 saturated heterocycles. The second kappa shape index (κ2) is 11.4. The fourth-order valence-corrected chi connectivity index (χ4v) is 2.05. The lowest BCUT2D eigenvalue weighted by Gasteiger charge is -2.11. The van der Waals surface area contributed by atoms with E-state index in [2.05, 4.69) is 25.3 Å². The maximum absolute atomic E-state index is 11.4. The van der Waals surface area contributed by atoms with E-state index in [1.54, 1.807) is 18.3 Å². The van der Waals surface area contributed by atoms with Crippen LogP contribution in [0.2, 0.25) is 0 Å². The van der Waals surface area contributed by atoms with Gasteiger partial charge in [0.05, 0.1) is 31.5 Å². The molecule has 2 aromatic rings. The molecule has 0 aliphatic carbocycles. The van der Waals surface area contributed by atoms with Crippen molar-refractivity contribution in [3.63, 3.8) is 0 Å². The van der Waals surface area contributed by atoms with Crippen molar-refractivity contribution in [3.05, 3.63) is 65.5 Å². The highest BCUT2D eigenvalue weighted by Gasteiger charge is 2.04. The van der Waals surface area contributed by atoms with Crippen molar-refractivity contribution in [1.29, 1.82) is 0 Å². The fraction of sp³-hybridized carbons (Fsp3) is 0.278. The number of nitrogens with one attached hydrogen (secondary N) is 2. The number of halogens is 1. The number of hydrogen-bond acceptors (Lipinski definition) is 4. The summed E-state index contributed by atoms with van der Waals surface area (Å²) in [4.78, 5) is 20.2. The Kier molecular flexibility index (Phi) is 9.53. The number of aromatic nitrogens is 1. The van der Waals surface area contributed by atoms with E-state index in [0.717, 1.165) is 23.8 Å². The Morgan fingerprint density at radius 2 is 1.92 bits per heavy atom. The van der Waals surface area contributed by atoms with Gasteiger partial charge in [-0.25, -0.2) is 9.79 Å². The summed E-state index contributed by atoms with van der Waals surface area (Å²) in [6.45, 7) is 3.91. The van der Waals surface area contributed by atoms with Gasteiger partial charge in [0, 0.05) is 12.7 Å². The number of carbonyl (C=O) groups is 1. The molecule has 0 amide bonds. The summed E-state index contributed by atoms with van der Waals surface area (Å²) in [5.74, 6) is 0.385. The van der Waals surface area contributed by atoms with Crippen LogP contribution in [0.25, 0.3) is 0 Å². The number of benzene rings is 1. The molecule has 2 N–H and O–H groups in total. The first-order valence-electron chi connectivity index (χ1n) is 7.82. The highest BCUT2D eigenvalue weighted by molar-refractivity contribution is 14.0. The topological polar surface area (TPSA) is 75.6 Å². The number of aliphatic imine (C=N–C) groups is 1. The van der Waals surface area contributed by atoms with Crippen LogP contribution in [0, 0.1) is 0 Å².